The fourth-order valence-corrected chi connectivity index (χ4v) is 2.40. The molecule has 1 aromatic carbocycles. The number of nitrogens with one attached hydrogen (secondary N) is 1. The van der Waals surface area contributed by atoms with E-state index in [1.165, 1.54) is 6.07 Å². The normalized spacial score (nSPS) is 23.4. The zero-order valence-corrected chi connectivity index (χ0v) is 10.1. The molecule has 0 aliphatic heterocycles. The number of benzene rings is 1. The van der Waals surface area contributed by atoms with E-state index < -0.39 is 5.75 Å². The van der Waals surface area contributed by atoms with Crippen LogP contribution in [0.2, 0.25) is 0 Å². The molecule has 2 unspecified atom stereocenters. The standard InChI is InChI=1S/C13H19NO4/c15-10-3-1-8(5-10)6-14-7-9-2-4-11(16)13(18)12(9)17/h2,4,8,10,14-18H,1,3,5-7H2. The van der Waals surface area contributed by atoms with E-state index in [2.05, 4.69) is 5.32 Å². The van der Waals surface area contributed by atoms with E-state index in [4.69, 9.17) is 0 Å². The molecule has 18 heavy (non-hydrogen) atoms. The third-order valence-electron chi connectivity index (χ3n) is 3.48. The molecule has 0 radical (unpaired) electrons. The predicted molar refractivity (Wildman–Crippen MR) is 66.5 cm³/mol. The quantitative estimate of drug-likeness (QED) is 0.517. The van der Waals surface area contributed by atoms with Crippen molar-refractivity contribution >= 4 is 0 Å². The van der Waals surface area contributed by atoms with Gasteiger partial charge in [-0.2, -0.15) is 0 Å². The lowest BCUT2D eigenvalue weighted by atomic mass is 10.1. The molecule has 5 N–H and O–H groups in total. The Morgan fingerprint density at radius 1 is 1.11 bits per heavy atom. The van der Waals surface area contributed by atoms with E-state index in [0.717, 1.165) is 25.8 Å². The summed E-state index contributed by atoms with van der Waals surface area (Å²) in [6.45, 7) is 1.20. The molecular weight excluding hydrogens is 234 g/mol. The Hall–Kier alpha value is -1.46. The maximum absolute atomic E-state index is 9.62. The third-order valence-corrected chi connectivity index (χ3v) is 3.48. The summed E-state index contributed by atoms with van der Waals surface area (Å²) in [5.74, 6) is -0.623. The number of phenolic OH excluding ortho intramolecular Hbond substituents is 3. The lowest BCUT2D eigenvalue weighted by Crippen LogP contribution is -2.21. The number of rotatable bonds is 4. The summed E-state index contributed by atoms with van der Waals surface area (Å²) in [5, 5.41) is 40.8. The van der Waals surface area contributed by atoms with Gasteiger partial charge in [0.05, 0.1) is 6.10 Å². The number of hydrogen-bond donors (Lipinski definition) is 5. The average Bonchev–Trinajstić information content (AvgIpc) is 2.75. The van der Waals surface area contributed by atoms with Gasteiger partial charge in [-0.3, -0.25) is 0 Å². The van der Waals surface area contributed by atoms with Crippen LogP contribution in [0.15, 0.2) is 12.1 Å². The summed E-state index contributed by atoms with van der Waals surface area (Å²) in [6, 6.07) is 2.92. The number of aromatic hydroxyl groups is 3. The van der Waals surface area contributed by atoms with Crippen LogP contribution in [0, 0.1) is 5.92 Å². The van der Waals surface area contributed by atoms with Crippen LogP contribution in [-0.4, -0.2) is 33.1 Å². The summed E-state index contributed by atoms with van der Waals surface area (Å²) in [4.78, 5) is 0. The fourth-order valence-electron chi connectivity index (χ4n) is 2.40. The Kier molecular flexibility index (Phi) is 3.93. The molecule has 1 aromatic rings. The second-order valence-corrected chi connectivity index (χ2v) is 4.90. The minimum absolute atomic E-state index is 0.178. The van der Waals surface area contributed by atoms with Gasteiger partial charge < -0.3 is 25.7 Å². The molecule has 5 heteroatoms. The molecule has 1 saturated carbocycles. The van der Waals surface area contributed by atoms with Crippen molar-refractivity contribution in [3.63, 3.8) is 0 Å². The first-order valence-electron chi connectivity index (χ1n) is 6.19. The molecule has 0 aromatic heterocycles. The first kappa shape index (κ1) is 13.0. The molecular formula is C13H19NO4. The van der Waals surface area contributed by atoms with Gasteiger partial charge in [0, 0.05) is 12.1 Å². The van der Waals surface area contributed by atoms with Gasteiger partial charge in [-0.25, -0.2) is 0 Å². The van der Waals surface area contributed by atoms with Crippen LogP contribution >= 0.6 is 0 Å². The van der Waals surface area contributed by atoms with Crippen molar-refractivity contribution in [3.8, 4) is 17.2 Å². The number of phenols is 3. The zero-order chi connectivity index (χ0) is 13.1. The highest BCUT2D eigenvalue weighted by Crippen LogP contribution is 2.36. The van der Waals surface area contributed by atoms with Crippen molar-refractivity contribution in [2.24, 2.45) is 5.92 Å². The number of aliphatic hydroxyl groups is 1. The lowest BCUT2D eigenvalue weighted by molar-refractivity contribution is 0.177. The Morgan fingerprint density at radius 2 is 1.89 bits per heavy atom. The van der Waals surface area contributed by atoms with Crippen molar-refractivity contribution in [2.45, 2.75) is 31.9 Å². The Balaban J connectivity index is 1.85. The van der Waals surface area contributed by atoms with Crippen LogP contribution in [-0.2, 0) is 6.54 Å². The highest BCUT2D eigenvalue weighted by Gasteiger charge is 2.22. The summed E-state index contributed by atoms with van der Waals surface area (Å²) >= 11 is 0. The number of hydrogen-bond acceptors (Lipinski definition) is 5. The molecule has 2 rings (SSSR count). The predicted octanol–water partition coefficient (Wildman–Crippen LogP) is 1.05. The Bertz CT molecular complexity index is 422. The van der Waals surface area contributed by atoms with Crippen LogP contribution in [0.4, 0.5) is 0 Å². The largest absolute Gasteiger partial charge is 0.504 e. The fraction of sp³-hybridized carbons (Fsp3) is 0.538. The van der Waals surface area contributed by atoms with Gasteiger partial charge in [-0.15, -0.1) is 0 Å². The molecule has 0 heterocycles. The van der Waals surface area contributed by atoms with Crippen LogP contribution < -0.4 is 5.32 Å². The molecule has 1 aliphatic carbocycles. The first-order chi connectivity index (χ1) is 8.58. The summed E-state index contributed by atoms with van der Waals surface area (Å²) < 4.78 is 0. The van der Waals surface area contributed by atoms with E-state index in [-0.39, 0.29) is 17.6 Å². The van der Waals surface area contributed by atoms with Crippen molar-refractivity contribution in [1.82, 2.24) is 5.32 Å². The van der Waals surface area contributed by atoms with E-state index in [0.29, 0.717) is 18.0 Å². The van der Waals surface area contributed by atoms with Crippen molar-refractivity contribution in [2.75, 3.05) is 6.54 Å². The van der Waals surface area contributed by atoms with E-state index in [9.17, 15) is 20.4 Å². The van der Waals surface area contributed by atoms with Crippen LogP contribution in [0.1, 0.15) is 24.8 Å². The van der Waals surface area contributed by atoms with Crippen molar-refractivity contribution < 1.29 is 20.4 Å². The van der Waals surface area contributed by atoms with Crippen LogP contribution in [0.5, 0.6) is 17.2 Å². The zero-order valence-electron chi connectivity index (χ0n) is 10.1. The average molecular weight is 253 g/mol. The molecule has 5 nitrogen and oxygen atoms in total. The molecule has 0 amide bonds. The van der Waals surface area contributed by atoms with Gasteiger partial charge in [-0.1, -0.05) is 6.07 Å². The van der Waals surface area contributed by atoms with E-state index in [1.54, 1.807) is 6.07 Å². The molecule has 2 atom stereocenters. The maximum atomic E-state index is 9.62. The Labute approximate surface area is 106 Å². The molecule has 0 spiro atoms. The van der Waals surface area contributed by atoms with Crippen LogP contribution in [0.25, 0.3) is 0 Å². The summed E-state index contributed by atoms with van der Waals surface area (Å²) in [7, 11) is 0. The molecule has 0 saturated heterocycles. The maximum Gasteiger partial charge on any atom is 0.200 e. The smallest absolute Gasteiger partial charge is 0.200 e. The minimum Gasteiger partial charge on any atom is -0.504 e. The second-order valence-electron chi connectivity index (χ2n) is 4.90. The summed E-state index contributed by atoms with van der Waals surface area (Å²) in [6.07, 6.45) is 2.51. The minimum atomic E-state index is -0.481. The lowest BCUT2D eigenvalue weighted by Gasteiger charge is -2.12. The topological polar surface area (TPSA) is 93.0 Å². The molecule has 1 aliphatic rings. The summed E-state index contributed by atoms with van der Waals surface area (Å²) in [5.41, 5.74) is 0.545. The number of aliphatic hydroxyl groups excluding tert-OH is 1. The van der Waals surface area contributed by atoms with Gasteiger partial charge in [0.1, 0.15) is 0 Å². The van der Waals surface area contributed by atoms with E-state index in [1.807, 2.05) is 0 Å². The van der Waals surface area contributed by atoms with Gasteiger partial charge in [0.2, 0.25) is 5.75 Å². The molecule has 100 valence electrons. The monoisotopic (exact) mass is 253 g/mol. The Morgan fingerprint density at radius 3 is 2.56 bits per heavy atom. The van der Waals surface area contributed by atoms with Gasteiger partial charge in [0.15, 0.2) is 11.5 Å². The van der Waals surface area contributed by atoms with Crippen molar-refractivity contribution in [3.05, 3.63) is 17.7 Å². The van der Waals surface area contributed by atoms with Crippen LogP contribution in [0.3, 0.4) is 0 Å². The third kappa shape index (κ3) is 2.86. The highest BCUT2D eigenvalue weighted by molar-refractivity contribution is 5.52. The van der Waals surface area contributed by atoms with E-state index >= 15 is 0 Å². The molecule has 1 fully saturated rings. The second kappa shape index (κ2) is 5.46. The first-order valence-corrected chi connectivity index (χ1v) is 6.19. The van der Waals surface area contributed by atoms with Gasteiger partial charge in [0.25, 0.3) is 0 Å². The highest BCUT2D eigenvalue weighted by atomic mass is 16.3. The van der Waals surface area contributed by atoms with Crippen molar-refractivity contribution in [1.29, 1.82) is 0 Å². The SMILES string of the molecule is Oc1ccc(CNCC2CCC(O)C2)c(O)c1O. The van der Waals surface area contributed by atoms with Gasteiger partial charge >= 0.3 is 0 Å². The van der Waals surface area contributed by atoms with Gasteiger partial charge in [-0.05, 0) is 37.8 Å². The molecule has 0 bridgehead atoms.